The predicted molar refractivity (Wildman–Crippen MR) is 119 cm³/mol. The van der Waals surface area contributed by atoms with Crippen LogP contribution in [0.25, 0.3) is 5.57 Å². The summed E-state index contributed by atoms with van der Waals surface area (Å²) in [5.74, 6) is 0.583. The van der Waals surface area contributed by atoms with E-state index in [2.05, 4.69) is 24.4 Å². The van der Waals surface area contributed by atoms with E-state index in [4.69, 9.17) is 9.57 Å². The van der Waals surface area contributed by atoms with Crippen LogP contribution in [0, 0.1) is 19.3 Å². The smallest absolute Gasteiger partial charge is 0.316 e. The van der Waals surface area contributed by atoms with Crippen LogP contribution in [0.15, 0.2) is 17.9 Å². The number of nitrogens with zero attached hydrogens (tertiary/aromatic N) is 1. The third-order valence-corrected chi connectivity index (χ3v) is 6.78. The highest BCUT2D eigenvalue weighted by Gasteiger charge is 2.50. The number of benzene rings is 1. The van der Waals surface area contributed by atoms with Gasteiger partial charge in [0.2, 0.25) is 0 Å². The molecule has 1 spiro atoms. The molecule has 2 fully saturated rings. The van der Waals surface area contributed by atoms with Crippen LogP contribution in [-0.4, -0.2) is 42.7 Å². The Labute approximate surface area is 184 Å². The minimum absolute atomic E-state index is 0.156. The maximum atomic E-state index is 13.4. The van der Waals surface area contributed by atoms with Crippen molar-refractivity contribution < 1.29 is 19.2 Å². The molecule has 4 rings (SSSR count). The fraction of sp³-hybridized carbons (Fsp3) is 0.600. The Kier molecular flexibility index (Phi) is 5.51. The molecule has 1 N–H and O–H groups in total. The van der Waals surface area contributed by atoms with Gasteiger partial charge in [0.25, 0.3) is 5.91 Å². The molecule has 168 valence electrons. The lowest BCUT2D eigenvalue weighted by molar-refractivity contribution is -0.159. The predicted octanol–water partition coefficient (Wildman–Crippen LogP) is 4.01. The van der Waals surface area contributed by atoms with Crippen molar-refractivity contribution in [2.24, 2.45) is 5.41 Å². The second kappa shape index (κ2) is 7.75. The molecule has 3 aliphatic rings. The Bertz CT molecular complexity index is 945. The standard InChI is InChI=1S/C25H34N2O4/c1-15-13-16(2)19(14-18(15)17-7-8-17)20-21(31-23(29)24(3,4)5)25(26-22(20)28)9-11-27(30-6)12-10-25/h13-14,17H,7-12H2,1-6H3,(H,26,28). The molecule has 0 unspecified atom stereocenters. The van der Waals surface area contributed by atoms with Gasteiger partial charge in [-0.05, 0) is 88.5 Å². The van der Waals surface area contributed by atoms with Crippen molar-refractivity contribution in [2.75, 3.05) is 20.2 Å². The molecule has 0 atom stereocenters. The van der Waals surface area contributed by atoms with Crippen LogP contribution in [-0.2, 0) is 19.2 Å². The average Bonchev–Trinajstić information content (AvgIpc) is 3.50. The van der Waals surface area contributed by atoms with Crippen LogP contribution in [0.4, 0.5) is 0 Å². The van der Waals surface area contributed by atoms with E-state index in [1.165, 1.54) is 24.0 Å². The van der Waals surface area contributed by atoms with Crippen LogP contribution >= 0.6 is 0 Å². The van der Waals surface area contributed by atoms with Gasteiger partial charge in [-0.1, -0.05) is 12.1 Å². The molecule has 6 nitrogen and oxygen atoms in total. The number of esters is 1. The van der Waals surface area contributed by atoms with Gasteiger partial charge in [0.1, 0.15) is 11.3 Å². The number of nitrogens with one attached hydrogen (secondary N) is 1. The van der Waals surface area contributed by atoms with E-state index in [1.54, 1.807) is 7.11 Å². The Morgan fingerprint density at radius 3 is 2.32 bits per heavy atom. The number of piperidine rings is 1. The van der Waals surface area contributed by atoms with Gasteiger partial charge < -0.3 is 14.9 Å². The molecule has 1 saturated heterocycles. The number of amides is 1. The SMILES string of the molecule is CON1CCC2(CC1)NC(=O)C(c1cc(C3CC3)c(C)cc1C)=C2OC(=O)C(C)(C)C. The van der Waals surface area contributed by atoms with Crippen molar-refractivity contribution in [1.29, 1.82) is 0 Å². The minimum Gasteiger partial charge on any atom is -0.427 e. The van der Waals surface area contributed by atoms with Gasteiger partial charge in [-0.25, -0.2) is 0 Å². The van der Waals surface area contributed by atoms with Crippen molar-refractivity contribution in [3.63, 3.8) is 0 Å². The quantitative estimate of drug-likeness (QED) is 0.737. The number of carbonyl (C=O) groups is 2. The summed E-state index contributed by atoms with van der Waals surface area (Å²) in [6, 6.07) is 4.32. The molecule has 0 aromatic heterocycles. The fourth-order valence-electron chi connectivity index (χ4n) is 4.69. The number of aryl methyl sites for hydroxylation is 2. The first kappa shape index (κ1) is 22.0. The van der Waals surface area contributed by atoms with Crippen molar-refractivity contribution in [3.05, 3.63) is 40.1 Å². The second-order valence-corrected chi connectivity index (χ2v) is 10.3. The lowest BCUT2D eigenvalue weighted by atomic mass is 9.84. The molecule has 1 aromatic rings. The summed E-state index contributed by atoms with van der Waals surface area (Å²) >= 11 is 0. The van der Waals surface area contributed by atoms with Gasteiger partial charge in [-0.2, -0.15) is 5.06 Å². The minimum atomic E-state index is -0.681. The first-order chi connectivity index (χ1) is 14.6. The van der Waals surface area contributed by atoms with Crippen LogP contribution in [0.5, 0.6) is 0 Å². The van der Waals surface area contributed by atoms with E-state index < -0.39 is 11.0 Å². The van der Waals surface area contributed by atoms with E-state index in [0.717, 1.165) is 11.1 Å². The number of ether oxygens (including phenoxy) is 1. The van der Waals surface area contributed by atoms with Crippen molar-refractivity contribution in [1.82, 2.24) is 10.4 Å². The molecule has 2 aliphatic heterocycles. The highest BCUT2D eigenvalue weighted by Crippen LogP contribution is 2.46. The third-order valence-electron chi connectivity index (χ3n) is 6.78. The van der Waals surface area contributed by atoms with Crippen LogP contribution < -0.4 is 5.32 Å². The molecule has 0 bridgehead atoms. The van der Waals surface area contributed by atoms with Crippen LogP contribution in [0.1, 0.15) is 74.6 Å². The lowest BCUT2D eigenvalue weighted by Gasteiger charge is -2.39. The van der Waals surface area contributed by atoms with Gasteiger partial charge in [0.05, 0.1) is 18.1 Å². The highest BCUT2D eigenvalue weighted by atomic mass is 16.7. The van der Waals surface area contributed by atoms with Gasteiger partial charge in [0.15, 0.2) is 0 Å². The molecule has 6 heteroatoms. The Balaban J connectivity index is 1.84. The summed E-state index contributed by atoms with van der Waals surface area (Å²) < 4.78 is 6.07. The van der Waals surface area contributed by atoms with Gasteiger partial charge in [-0.15, -0.1) is 0 Å². The van der Waals surface area contributed by atoms with Gasteiger partial charge >= 0.3 is 5.97 Å². The summed E-state index contributed by atoms with van der Waals surface area (Å²) in [6.07, 6.45) is 3.64. The van der Waals surface area contributed by atoms with E-state index in [1.807, 2.05) is 32.8 Å². The van der Waals surface area contributed by atoms with Gasteiger partial charge in [0, 0.05) is 13.1 Å². The number of carbonyl (C=O) groups excluding carboxylic acids is 2. The molecule has 1 aliphatic carbocycles. The zero-order valence-electron chi connectivity index (χ0n) is 19.6. The maximum absolute atomic E-state index is 13.4. The summed E-state index contributed by atoms with van der Waals surface area (Å²) in [5, 5.41) is 5.08. The van der Waals surface area contributed by atoms with E-state index in [-0.39, 0.29) is 11.9 Å². The summed E-state index contributed by atoms with van der Waals surface area (Å²) in [5.41, 5.74) is 3.65. The van der Waals surface area contributed by atoms with Gasteiger partial charge in [-0.3, -0.25) is 9.59 Å². The second-order valence-electron chi connectivity index (χ2n) is 10.3. The third kappa shape index (κ3) is 4.03. The topological polar surface area (TPSA) is 67.9 Å². The normalized spacial score (nSPS) is 21.5. The molecular weight excluding hydrogens is 392 g/mol. The monoisotopic (exact) mass is 426 g/mol. The summed E-state index contributed by atoms with van der Waals surface area (Å²) in [4.78, 5) is 31.7. The molecule has 1 saturated carbocycles. The van der Waals surface area contributed by atoms with E-state index >= 15 is 0 Å². The first-order valence-corrected chi connectivity index (χ1v) is 11.3. The number of hydroxylamine groups is 2. The zero-order chi connectivity index (χ0) is 22.6. The van der Waals surface area contributed by atoms with Crippen LogP contribution in [0.2, 0.25) is 0 Å². The van der Waals surface area contributed by atoms with Crippen molar-refractivity contribution in [2.45, 2.75) is 71.8 Å². The molecule has 2 heterocycles. The zero-order valence-corrected chi connectivity index (χ0v) is 19.6. The molecule has 31 heavy (non-hydrogen) atoms. The summed E-state index contributed by atoms with van der Waals surface area (Å²) in [6.45, 7) is 11.0. The largest absolute Gasteiger partial charge is 0.427 e. The Hall–Kier alpha value is -2.18. The first-order valence-electron chi connectivity index (χ1n) is 11.3. The molecule has 1 amide bonds. The fourth-order valence-corrected chi connectivity index (χ4v) is 4.69. The van der Waals surface area contributed by atoms with Crippen LogP contribution in [0.3, 0.4) is 0 Å². The average molecular weight is 427 g/mol. The maximum Gasteiger partial charge on any atom is 0.316 e. The Morgan fingerprint density at radius 2 is 1.77 bits per heavy atom. The Morgan fingerprint density at radius 1 is 1.13 bits per heavy atom. The number of hydrogen-bond donors (Lipinski definition) is 1. The highest BCUT2D eigenvalue weighted by molar-refractivity contribution is 6.24. The number of rotatable bonds is 4. The van der Waals surface area contributed by atoms with E-state index in [9.17, 15) is 9.59 Å². The van der Waals surface area contributed by atoms with E-state index in [0.29, 0.717) is 43.2 Å². The molecule has 1 aromatic carbocycles. The van der Waals surface area contributed by atoms with Crippen molar-refractivity contribution in [3.8, 4) is 0 Å². The lowest BCUT2D eigenvalue weighted by Crippen LogP contribution is -2.53. The molecular formula is C25H34N2O4. The van der Waals surface area contributed by atoms with Crippen molar-refractivity contribution >= 4 is 17.4 Å². The number of hydrogen-bond acceptors (Lipinski definition) is 5. The summed E-state index contributed by atoms with van der Waals surface area (Å²) in [7, 11) is 1.65. The molecule has 0 radical (unpaired) electrons.